The minimum absolute atomic E-state index is 0. The number of nitrogens with zero attached hydrogens (tertiary/aromatic N) is 2. The van der Waals surface area contributed by atoms with Crippen molar-refractivity contribution in [2.45, 2.75) is 38.5 Å². The molecule has 0 radical (unpaired) electrons. The van der Waals surface area contributed by atoms with Gasteiger partial charge in [-0.15, -0.1) is 35.3 Å². The molecular weight excluding hydrogens is 527 g/mol. The molecule has 2 aliphatic heterocycles. The first-order chi connectivity index (χ1) is 14.7. The van der Waals surface area contributed by atoms with Crippen LogP contribution in [0.25, 0.3) is 0 Å². The van der Waals surface area contributed by atoms with Crippen LogP contribution in [0, 0.1) is 6.92 Å². The number of hydrogen-bond acceptors (Lipinski definition) is 6. The van der Waals surface area contributed by atoms with Crippen LogP contribution in [-0.2, 0) is 16.6 Å². The normalized spacial score (nSPS) is 17.2. The van der Waals surface area contributed by atoms with Crippen molar-refractivity contribution < 1.29 is 14.2 Å². The van der Waals surface area contributed by atoms with E-state index in [0.717, 1.165) is 68.0 Å². The second kappa shape index (κ2) is 11.3. The predicted molar refractivity (Wildman–Crippen MR) is 134 cm³/mol. The SMILES string of the molecule is CCNC(=NCC1(c2ccc3c(c2)OCO3)CCOCC1)NCCc1ncc(C)s1.I. The molecule has 0 unspecified atom stereocenters. The van der Waals surface area contributed by atoms with Crippen molar-refractivity contribution in [1.82, 2.24) is 15.6 Å². The predicted octanol–water partition coefficient (Wildman–Crippen LogP) is 3.64. The summed E-state index contributed by atoms with van der Waals surface area (Å²) in [4.78, 5) is 10.7. The summed E-state index contributed by atoms with van der Waals surface area (Å²) in [7, 11) is 0. The lowest BCUT2D eigenvalue weighted by Crippen LogP contribution is -2.41. The number of hydrogen-bond donors (Lipinski definition) is 2. The van der Waals surface area contributed by atoms with Gasteiger partial charge in [0.15, 0.2) is 17.5 Å². The minimum atomic E-state index is -0.0615. The maximum Gasteiger partial charge on any atom is 0.231 e. The Morgan fingerprint density at radius 1 is 1.19 bits per heavy atom. The fourth-order valence-electron chi connectivity index (χ4n) is 3.90. The topological polar surface area (TPSA) is 77.0 Å². The maximum atomic E-state index is 5.67. The zero-order valence-electron chi connectivity index (χ0n) is 18.1. The van der Waals surface area contributed by atoms with E-state index in [4.69, 9.17) is 19.2 Å². The number of nitrogens with one attached hydrogen (secondary N) is 2. The monoisotopic (exact) mass is 558 g/mol. The van der Waals surface area contributed by atoms with Gasteiger partial charge in [-0.1, -0.05) is 6.07 Å². The number of benzene rings is 1. The summed E-state index contributed by atoms with van der Waals surface area (Å²) in [5.41, 5.74) is 1.18. The van der Waals surface area contributed by atoms with Crippen LogP contribution in [0.4, 0.5) is 0 Å². The molecule has 2 aliphatic rings. The van der Waals surface area contributed by atoms with E-state index in [1.807, 2.05) is 12.3 Å². The molecule has 3 heterocycles. The van der Waals surface area contributed by atoms with Gasteiger partial charge in [-0.2, -0.15) is 0 Å². The molecule has 2 aromatic rings. The average molecular weight is 558 g/mol. The number of rotatable bonds is 7. The van der Waals surface area contributed by atoms with Gasteiger partial charge in [0.25, 0.3) is 0 Å². The smallest absolute Gasteiger partial charge is 0.231 e. The lowest BCUT2D eigenvalue weighted by Gasteiger charge is -2.36. The highest BCUT2D eigenvalue weighted by Gasteiger charge is 2.35. The summed E-state index contributed by atoms with van der Waals surface area (Å²) in [5.74, 6) is 2.49. The third kappa shape index (κ3) is 6.01. The van der Waals surface area contributed by atoms with Crippen LogP contribution < -0.4 is 20.1 Å². The summed E-state index contributed by atoms with van der Waals surface area (Å²) in [6, 6.07) is 6.28. The van der Waals surface area contributed by atoms with E-state index in [1.54, 1.807) is 11.3 Å². The molecule has 0 amide bonds. The Hall–Kier alpha value is -1.59. The molecule has 1 aromatic heterocycles. The van der Waals surface area contributed by atoms with Gasteiger partial charge in [0.05, 0.1) is 11.6 Å². The molecule has 0 bridgehead atoms. The number of aromatic nitrogens is 1. The minimum Gasteiger partial charge on any atom is -0.454 e. The van der Waals surface area contributed by atoms with Gasteiger partial charge in [0.2, 0.25) is 6.79 Å². The summed E-state index contributed by atoms with van der Waals surface area (Å²) in [6.07, 6.45) is 4.70. The van der Waals surface area contributed by atoms with Crippen molar-refractivity contribution in [3.05, 3.63) is 39.8 Å². The molecule has 1 saturated heterocycles. The summed E-state index contributed by atoms with van der Waals surface area (Å²) in [5, 5.41) is 7.98. The van der Waals surface area contributed by atoms with E-state index in [0.29, 0.717) is 13.3 Å². The van der Waals surface area contributed by atoms with Crippen molar-refractivity contribution >= 4 is 41.3 Å². The number of aryl methyl sites for hydroxylation is 1. The number of ether oxygens (including phenoxy) is 3. The first kappa shape index (κ1) is 24.1. The van der Waals surface area contributed by atoms with E-state index in [2.05, 4.69) is 41.6 Å². The number of halogens is 1. The quantitative estimate of drug-likeness (QED) is 0.307. The highest BCUT2D eigenvalue weighted by Crippen LogP contribution is 2.41. The molecule has 31 heavy (non-hydrogen) atoms. The van der Waals surface area contributed by atoms with Crippen LogP contribution in [0.15, 0.2) is 29.4 Å². The van der Waals surface area contributed by atoms with E-state index in [9.17, 15) is 0 Å². The molecule has 0 saturated carbocycles. The first-order valence-corrected chi connectivity index (χ1v) is 11.4. The highest BCUT2D eigenvalue weighted by atomic mass is 127. The molecule has 0 aliphatic carbocycles. The van der Waals surface area contributed by atoms with Crippen molar-refractivity contribution in [3.63, 3.8) is 0 Å². The zero-order chi connectivity index (χ0) is 20.8. The van der Waals surface area contributed by atoms with E-state index < -0.39 is 0 Å². The van der Waals surface area contributed by atoms with Gasteiger partial charge in [-0.25, -0.2) is 4.98 Å². The van der Waals surface area contributed by atoms with Crippen LogP contribution >= 0.6 is 35.3 Å². The van der Waals surface area contributed by atoms with E-state index in [1.165, 1.54) is 10.4 Å². The van der Waals surface area contributed by atoms with Crippen LogP contribution in [0.2, 0.25) is 0 Å². The second-order valence-electron chi connectivity index (χ2n) is 7.70. The Labute approximate surface area is 205 Å². The van der Waals surface area contributed by atoms with Gasteiger partial charge in [0, 0.05) is 49.2 Å². The molecule has 170 valence electrons. The summed E-state index contributed by atoms with van der Waals surface area (Å²) >= 11 is 1.75. The third-order valence-electron chi connectivity index (χ3n) is 5.62. The Kier molecular flexibility index (Phi) is 8.79. The molecule has 7 nitrogen and oxygen atoms in total. The van der Waals surface area contributed by atoms with Crippen LogP contribution in [-0.4, -0.2) is 50.6 Å². The van der Waals surface area contributed by atoms with Gasteiger partial charge in [-0.3, -0.25) is 4.99 Å². The van der Waals surface area contributed by atoms with Gasteiger partial charge < -0.3 is 24.8 Å². The van der Waals surface area contributed by atoms with Crippen LogP contribution in [0.5, 0.6) is 11.5 Å². The van der Waals surface area contributed by atoms with Crippen molar-refractivity contribution in [2.75, 3.05) is 39.6 Å². The summed E-state index contributed by atoms with van der Waals surface area (Å²) < 4.78 is 16.8. The molecule has 9 heteroatoms. The second-order valence-corrected chi connectivity index (χ2v) is 9.02. The fourth-order valence-corrected chi connectivity index (χ4v) is 4.69. The first-order valence-electron chi connectivity index (χ1n) is 10.6. The van der Waals surface area contributed by atoms with Gasteiger partial charge in [0.1, 0.15) is 0 Å². The van der Waals surface area contributed by atoms with Crippen molar-refractivity contribution in [1.29, 1.82) is 0 Å². The molecule has 1 aromatic carbocycles. The number of fused-ring (bicyclic) bond motifs is 1. The number of guanidine groups is 1. The van der Waals surface area contributed by atoms with Crippen LogP contribution in [0.1, 0.15) is 35.2 Å². The molecular formula is C22H31IN4O3S. The molecule has 4 rings (SSSR count). The van der Waals surface area contributed by atoms with Crippen LogP contribution in [0.3, 0.4) is 0 Å². The Morgan fingerprint density at radius 2 is 2.00 bits per heavy atom. The summed E-state index contributed by atoms with van der Waals surface area (Å²) in [6.45, 7) is 8.28. The number of aliphatic imine (C=N–C) groups is 1. The molecule has 0 atom stereocenters. The zero-order valence-corrected chi connectivity index (χ0v) is 21.3. The van der Waals surface area contributed by atoms with Crippen molar-refractivity contribution in [3.8, 4) is 11.5 Å². The van der Waals surface area contributed by atoms with E-state index >= 15 is 0 Å². The Bertz CT molecular complexity index is 883. The van der Waals surface area contributed by atoms with Gasteiger partial charge in [-0.05, 0) is 44.4 Å². The number of thiazole rings is 1. The maximum absolute atomic E-state index is 5.67. The largest absolute Gasteiger partial charge is 0.454 e. The standard InChI is InChI=1S/C22H30N4O3S.HI/c1-3-23-21(24-9-6-20-25-13-16(2)30-20)26-14-22(7-10-27-11-8-22)17-4-5-18-19(12-17)29-15-28-18;/h4-5,12-13H,3,6-11,14-15H2,1-2H3,(H2,23,24,26);1H. The Balaban J connectivity index is 0.00000272. The Morgan fingerprint density at radius 3 is 2.74 bits per heavy atom. The van der Waals surface area contributed by atoms with E-state index in [-0.39, 0.29) is 29.4 Å². The lowest BCUT2D eigenvalue weighted by molar-refractivity contribution is 0.0530. The highest BCUT2D eigenvalue weighted by molar-refractivity contribution is 14.0. The average Bonchev–Trinajstić information content (AvgIpc) is 3.41. The van der Waals surface area contributed by atoms with Crippen molar-refractivity contribution in [2.24, 2.45) is 4.99 Å². The molecule has 1 fully saturated rings. The lowest BCUT2D eigenvalue weighted by atomic mass is 9.74. The fraction of sp³-hybridized carbons (Fsp3) is 0.545. The third-order valence-corrected chi connectivity index (χ3v) is 6.59. The molecule has 2 N–H and O–H groups in total. The molecule has 0 spiro atoms. The van der Waals surface area contributed by atoms with Gasteiger partial charge >= 0.3 is 0 Å².